The Labute approximate surface area is 111 Å². The molecule has 1 heterocycles. The number of ether oxygens (including phenoxy) is 2. The van der Waals surface area contributed by atoms with Gasteiger partial charge in [-0.3, -0.25) is 4.79 Å². The highest BCUT2D eigenvalue weighted by Gasteiger charge is 2.01. The summed E-state index contributed by atoms with van der Waals surface area (Å²) in [4.78, 5) is 11.4. The van der Waals surface area contributed by atoms with Gasteiger partial charge in [-0.2, -0.15) is 0 Å². The Kier molecular flexibility index (Phi) is 9.76. The van der Waals surface area contributed by atoms with E-state index < -0.39 is 0 Å². The van der Waals surface area contributed by atoms with Crippen LogP contribution in [0.25, 0.3) is 0 Å². The zero-order chi connectivity index (χ0) is 12.9. The summed E-state index contributed by atoms with van der Waals surface area (Å²) >= 11 is 0. The third-order valence-electron chi connectivity index (χ3n) is 3.07. The summed E-state index contributed by atoms with van der Waals surface area (Å²) in [5, 5.41) is 0. The number of carbonyl (C=O) groups excluding carboxylic acids is 1. The van der Waals surface area contributed by atoms with E-state index in [0.717, 1.165) is 12.8 Å². The molecule has 18 heavy (non-hydrogen) atoms. The van der Waals surface area contributed by atoms with E-state index in [9.17, 15) is 4.79 Å². The van der Waals surface area contributed by atoms with Gasteiger partial charge in [0.25, 0.3) is 0 Å². The summed E-state index contributed by atoms with van der Waals surface area (Å²) in [5.74, 6) is 0.0349. The number of rotatable bonds is 0. The van der Waals surface area contributed by atoms with E-state index in [1.807, 2.05) is 6.08 Å². The zero-order valence-electron chi connectivity index (χ0n) is 11.4. The summed E-state index contributed by atoms with van der Waals surface area (Å²) in [6, 6.07) is 0. The molecule has 0 unspecified atom stereocenters. The lowest BCUT2D eigenvalue weighted by atomic mass is 10.1. The molecule has 1 aliphatic heterocycles. The Morgan fingerprint density at radius 1 is 0.778 bits per heavy atom. The molecule has 0 spiro atoms. The topological polar surface area (TPSA) is 35.5 Å². The van der Waals surface area contributed by atoms with Crippen LogP contribution in [0, 0.1) is 0 Å². The van der Waals surface area contributed by atoms with Gasteiger partial charge in [0.05, 0.1) is 6.61 Å². The van der Waals surface area contributed by atoms with Crippen molar-refractivity contribution in [2.75, 3.05) is 26.4 Å². The molecule has 0 fully saturated rings. The molecular formula is C15H26O3. The Hall–Kier alpha value is -0.670. The molecule has 0 bridgehead atoms. The van der Waals surface area contributed by atoms with E-state index >= 15 is 0 Å². The second-order valence-corrected chi connectivity index (χ2v) is 4.84. The van der Waals surface area contributed by atoms with Crippen LogP contribution in [0.15, 0.2) is 12.2 Å². The lowest BCUT2D eigenvalue weighted by Gasteiger charge is -2.04. The van der Waals surface area contributed by atoms with Crippen molar-refractivity contribution >= 4 is 5.78 Å². The molecule has 1 aliphatic rings. The van der Waals surface area contributed by atoms with Gasteiger partial charge < -0.3 is 9.47 Å². The van der Waals surface area contributed by atoms with Crippen molar-refractivity contribution in [3.63, 3.8) is 0 Å². The largest absolute Gasteiger partial charge is 0.374 e. The lowest BCUT2D eigenvalue weighted by molar-refractivity contribution is -0.127. The highest BCUT2D eigenvalue weighted by molar-refractivity contribution is 5.80. The number of carbonyl (C=O) groups is 1. The van der Waals surface area contributed by atoms with Crippen molar-refractivity contribution in [3.05, 3.63) is 12.2 Å². The summed E-state index contributed by atoms with van der Waals surface area (Å²) in [6.45, 7) is 1.60. The molecule has 0 aromatic carbocycles. The molecule has 0 amide bonds. The molecule has 3 nitrogen and oxygen atoms in total. The van der Waals surface area contributed by atoms with Crippen LogP contribution in [-0.4, -0.2) is 32.2 Å². The highest BCUT2D eigenvalue weighted by Crippen LogP contribution is 2.09. The Morgan fingerprint density at radius 2 is 1.44 bits per heavy atom. The maximum Gasteiger partial charge on any atom is 0.183 e. The molecule has 0 aromatic heterocycles. The Balaban J connectivity index is 2.18. The third kappa shape index (κ3) is 9.37. The first-order valence-electron chi connectivity index (χ1n) is 7.22. The molecule has 0 N–H and O–H groups in total. The molecule has 0 saturated heterocycles. The van der Waals surface area contributed by atoms with Crippen LogP contribution >= 0.6 is 0 Å². The number of ketones is 1. The Morgan fingerprint density at radius 3 is 2.28 bits per heavy atom. The predicted molar refractivity (Wildman–Crippen MR) is 72.7 cm³/mol. The second kappa shape index (κ2) is 11.4. The van der Waals surface area contributed by atoms with E-state index in [2.05, 4.69) is 6.08 Å². The van der Waals surface area contributed by atoms with E-state index in [-0.39, 0.29) is 19.0 Å². The quantitative estimate of drug-likeness (QED) is 0.622. The lowest BCUT2D eigenvalue weighted by Crippen LogP contribution is -2.16. The van der Waals surface area contributed by atoms with Gasteiger partial charge >= 0.3 is 0 Å². The first-order valence-corrected chi connectivity index (χ1v) is 7.22. The third-order valence-corrected chi connectivity index (χ3v) is 3.07. The molecule has 0 aliphatic carbocycles. The van der Waals surface area contributed by atoms with Crippen LogP contribution in [0.5, 0.6) is 0 Å². The molecular weight excluding hydrogens is 228 g/mol. The van der Waals surface area contributed by atoms with Gasteiger partial charge in [-0.05, 0) is 19.3 Å². The van der Waals surface area contributed by atoms with Crippen LogP contribution < -0.4 is 0 Å². The minimum absolute atomic E-state index is 0.0349. The first kappa shape index (κ1) is 15.4. The molecule has 3 heteroatoms. The van der Waals surface area contributed by atoms with E-state index in [1.165, 1.54) is 38.5 Å². The summed E-state index contributed by atoms with van der Waals surface area (Å²) < 4.78 is 10.6. The van der Waals surface area contributed by atoms with Crippen molar-refractivity contribution < 1.29 is 14.3 Å². The van der Waals surface area contributed by atoms with Gasteiger partial charge in [-0.25, -0.2) is 0 Å². The predicted octanol–water partition coefficient (Wildman–Crippen LogP) is 3.28. The maximum atomic E-state index is 11.4. The van der Waals surface area contributed by atoms with Crippen LogP contribution in [0.2, 0.25) is 0 Å². The van der Waals surface area contributed by atoms with Crippen molar-refractivity contribution in [2.45, 2.75) is 51.4 Å². The van der Waals surface area contributed by atoms with E-state index in [4.69, 9.17) is 9.47 Å². The van der Waals surface area contributed by atoms with Crippen molar-refractivity contribution in [1.82, 2.24) is 0 Å². The van der Waals surface area contributed by atoms with Crippen molar-refractivity contribution in [3.8, 4) is 0 Å². The SMILES string of the molecule is O=C1COC/C=C\CCCCCCCCCOC1. The van der Waals surface area contributed by atoms with Crippen LogP contribution in [0.1, 0.15) is 51.4 Å². The second-order valence-electron chi connectivity index (χ2n) is 4.84. The minimum atomic E-state index is 0.0349. The van der Waals surface area contributed by atoms with E-state index in [1.54, 1.807) is 0 Å². The fraction of sp³-hybridized carbons (Fsp3) is 0.800. The van der Waals surface area contributed by atoms with Crippen molar-refractivity contribution in [1.29, 1.82) is 0 Å². The van der Waals surface area contributed by atoms with E-state index in [0.29, 0.717) is 13.2 Å². The molecule has 0 saturated carbocycles. The molecule has 0 atom stereocenters. The van der Waals surface area contributed by atoms with Gasteiger partial charge in [-0.15, -0.1) is 0 Å². The monoisotopic (exact) mass is 254 g/mol. The van der Waals surface area contributed by atoms with Gasteiger partial charge in [0, 0.05) is 6.61 Å². The number of allylic oxidation sites excluding steroid dienone is 1. The number of hydrogen-bond donors (Lipinski definition) is 0. The fourth-order valence-electron chi connectivity index (χ4n) is 2.00. The van der Waals surface area contributed by atoms with Gasteiger partial charge in [0.1, 0.15) is 13.2 Å². The molecule has 104 valence electrons. The summed E-state index contributed by atoms with van der Waals surface area (Å²) in [6.07, 6.45) is 14.1. The number of hydrogen-bond acceptors (Lipinski definition) is 3. The van der Waals surface area contributed by atoms with Crippen molar-refractivity contribution in [2.24, 2.45) is 0 Å². The summed E-state index contributed by atoms with van der Waals surface area (Å²) in [7, 11) is 0. The molecule has 0 radical (unpaired) electrons. The van der Waals surface area contributed by atoms with Gasteiger partial charge in [0.2, 0.25) is 0 Å². The molecule has 0 aromatic rings. The number of Topliss-reactive ketones (excluding diaryl/α,β-unsaturated/α-hetero) is 1. The maximum absolute atomic E-state index is 11.4. The average Bonchev–Trinajstić information content (AvgIpc) is 2.37. The van der Waals surface area contributed by atoms with Gasteiger partial charge in [0.15, 0.2) is 5.78 Å². The smallest absolute Gasteiger partial charge is 0.183 e. The first-order chi connectivity index (χ1) is 8.89. The fourth-order valence-corrected chi connectivity index (χ4v) is 2.00. The Bertz CT molecular complexity index is 236. The average molecular weight is 254 g/mol. The van der Waals surface area contributed by atoms with Gasteiger partial charge in [-0.1, -0.05) is 44.3 Å². The summed E-state index contributed by atoms with van der Waals surface area (Å²) in [5.41, 5.74) is 0. The van der Waals surface area contributed by atoms with Crippen LogP contribution in [0.4, 0.5) is 0 Å². The standard InChI is InChI=1S/C15H26O3/c16-15-13-17-11-9-7-5-3-1-2-4-6-8-10-12-18-14-15/h7,9H,1-6,8,10-14H2/b9-7-. The highest BCUT2D eigenvalue weighted by atomic mass is 16.5. The van der Waals surface area contributed by atoms with Crippen LogP contribution in [0.3, 0.4) is 0 Å². The molecule has 1 rings (SSSR count). The zero-order valence-corrected chi connectivity index (χ0v) is 11.4. The van der Waals surface area contributed by atoms with Crippen LogP contribution in [-0.2, 0) is 14.3 Å². The minimum Gasteiger partial charge on any atom is -0.374 e. The normalized spacial score (nSPS) is 24.3.